The first-order valence-corrected chi connectivity index (χ1v) is 7.83. The van der Waals surface area contributed by atoms with Crippen LogP contribution < -0.4 is 0 Å². The molecule has 0 aliphatic carbocycles. The Balaban J connectivity index is 1.76. The molecule has 0 saturated heterocycles. The molecule has 0 atom stereocenters. The summed E-state index contributed by atoms with van der Waals surface area (Å²) in [6, 6.07) is 23.6. The normalized spacial score (nSPS) is 10.9. The van der Waals surface area contributed by atoms with Crippen molar-refractivity contribution >= 4 is 5.97 Å². The van der Waals surface area contributed by atoms with E-state index in [-0.39, 0.29) is 5.76 Å². The third-order valence-corrected chi connectivity index (χ3v) is 3.75. The standard InChI is InChI=1S/C20H19NO3/c22-20(23)19-12-11-18(24-19)15-21(13-16-7-3-1-4-8-16)14-17-9-5-2-6-10-17/h1-12H,13-15H2,(H,22,23). The Labute approximate surface area is 141 Å². The first-order chi connectivity index (χ1) is 11.7. The predicted molar refractivity (Wildman–Crippen MR) is 91.5 cm³/mol. The fraction of sp³-hybridized carbons (Fsp3) is 0.150. The van der Waals surface area contributed by atoms with Crippen molar-refractivity contribution in [3.05, 3.63) is 95.4 Å². The van der Waals surface area contributed by atoms with E-state index in [0.717, 1.165) is 13.1 Å². The highest BCUT2D eigenvalue weighted by Gasteiger charge is 2.13. The second kappa shape index (κ2) is 7.62. The van der Waals surface area contributed by atoms with Crippen LogP contribution in [0.5, 0.6) is 0 Å². The van der Waals surface area contributed by atoms with Crippen LogP contribution in [0.25, 0.3) is 0 Å². The smallest absolute Gasteiger partial charge is 0.371 e. The van der Waals surface area contributed by atoms with Gasteiger partial charge in [-0.2, -0.15) is 0 Å². The number of nitrogens with zero attached hydrogens (tertiary/aromatic N) is 1. The monoisotopic (exact) mass is 321 g/mol. The van der Waals surface area contributed by atoms with Crippen LogP contribution in [-0.4, -0.2) is 16.0 Å². The second-order valence-corrected chi connectivity index (χ2v) is 5.69. The largest absolute Gasteiger partial charge is 0.475 e. The van der Waals surface area contributed by atoms with Gasteiger partial charge in [0.1, 0.15) is 5.76 Å². The van der Waals surface area contributed by atoms with E-state index >= 15 is 0 Å². The average molecular weight is 321 g/mol. The fourth-order valence-electron chi connectivity index (χ4n) is 2.65. The van der Waals surface area contributed by atoms with E-state index in [0.29, 0.717) is 12.3 Å². The van der Waals surface area contributed by atoms with E-state index in [4.69, 9.17) is 9.52 Å². The van der Waals surface area contributed by atoms with E-state index in [1.807, 2.05) is 36.4 Å². The molecule has 1 aromatic heterocycles. The Bertz CT molecular complexity index is 739. The van der Waals surface area contributed by atoms with Gasteiger partial charge in [0.15, 0.2) is 0 Å². The summed E-state index contributed by atoms with van der Waals surface area (Å²) in [5, 5.41) is 9.00. The molecule has 2 aromatic carbocycles. The van der Waals surface area contributed by atoms with E-state index in [9.17, 15) is 4.79 Å². The van der Waals surface area contributed by atoms with Crippen LogP contribution in [0.3, 0.4) is 0 Å². The van der Waals surface area contributed by atoms with Gasteiger partial charge in [-0.1, -0.05) is 60.7 Å². The number of furan rings is 1. The van der Waals surface area contributed by atoms with Crippen LogP contribution >= 0.6 is 0 Å². The predicted octanol–water partition coefficient (Wildman–Crippen LogP) is 4.18. The molecular formula is C20H19NO3. The lowest BCUT2D eigenvalue weighted by Crippen LogP contribution is -2.22. The number of carboxylic acid groups (broad SMARTS) is 1. The van der Waals surface area contributed by atoms with E-state index in [1.165, 1.54) is 17.2 Å². The van der Waals surface area contributed by atoms with Crippen LogP contribution in [0.1, 0.15) is 27.4 Å². The van der Waals surface area contributed by atoms with Gasteiger partial charge >= 0.3 is 5.97 Å². The molecule has 3 rings (SSSR count). The van der Waals surface area contributed by atoms with Crippen molar-refractivity contribution in [2.24, 2.45) is 0 Å². The minimum atomic E-state index is -1.04. The van der Waals surface area contributed by atoms with Crippen LogP contribution in [0.2, 0.25) is 0 Å². The highest BCUT2D eigenvalue weighted by molar-refractivity contribution is 5.84. The summed E-state index contributed by atoms with van der Waals surface area (Å²) in [4.78, 5) is 13.2. The van der Waals surface area contributed by atoms with Crippen molar-refractivity contribution in [3.63, 3.8) is 0 Å². The second-order valence-electron chi connectivity index (χ2n) is 5.69. The minimum Gasteiger partial charge on any atom is -0.475 e. The van der Waals surface area contributed by atoms with Crippen LogP contribution in [-0.2, 0) is 19.6 Å². The summed E-state index contributed by atoms with van der Waals surface area (Å²) in [6.45, 7) is 2.08. The summed E-state index contributed by atoms with van der Waals surface area (Å²) in [5.74, 6) is -0.414. The molecule has 0 spiro atoms. The quantitative estimate of drug-likeness (QED) is 0.709. The Morgan fingerprint density at radius 2 is 1.33 bits per heavy atom. The molecule has 0 amide bonds. The van der Waals surface area contributed by atoms with Gasteiger partial charge in [-0.25, -0.2) is 4.79 Å². The Morgan fingerprint density at radius 1 is 0.792 bits per heavy atom. The van der Waals surface area contributed by atoms with Crippen LogP contribution in [0.4, 0.5) is 0 Å². The molecule has 0 unspecified atom stereocenters. The number of benzene rings is 2. The molecule has 0 bridgehead atoms. The van der Waals surface area contributed by atoms with Gasteiger partial charge in [0.25, 0.3) is 0 Å². The molecule has 4 heteroatoms. The first-order valence-electron chi connectivity index (χ1n) is 7.83. The van der Waals surface area contributed by atoms with Gasteiger partial charge in [-0.15, -0.1) is 0 Å². The van der Waals surface area contributed by atoms with Crippen molar-refractivity contribution in [1.29, 1.82) is 0 Å². The van der Waals surface area contributed by atoms with Gasteiger partial charge in [-0.05, 0) is 23.3 Å². The number of hydrogen-bond acceptors (Lipinski definition) is 3. The van der Waals surface area contributed by atoms with Crippen LogP contribution in [0, 0.1) is 0 Å². The molecule has 4 nitrogen and oxygen atoms in total. The number of carbonyl (C=O) groups is 1. The number of rotatable bonds is 7. The Kier molecular flexibility index (Phi) is 5.08. The molecule has 122 valence electrons. The van der Waals surface area contributed by atoms with Crippen molar-refractivity contribution < 1.29 is 14.3 Å². The average Bonchev–Trinajstić information content (AvgIpc) is 3.05. The lowest BCUT2D eigenvalue weighted by molar-refractivity contribution is 0.0658. The third-order valence-electron chi connectivity index (χ3n) is 3.75. The minimum absolute atomic E-state index is 0.0237. The molecule has 0 aliphatic heterocycles. The third kappa shape index (κ3) is 4.33. The number of carboxylic acids is 1. The highest BCUT2D eigenvalue weighted by atomic mass is 16.4. The summed E-state index contributed by atoms with van der Waals surface area (Å²) in [5.41, 5.74) is 2.41. The fourth-order valence-corrected chi connectivity index (χ4v) is 2.65. The summed E-state index contributed by atoms with van der Waals surface area (Å²) in [7, 11) is 0. The summed E-state index contributed by atoms with van der Waals surface area (Å²) in [6.07, 6.45) is 0. The Morgan fingerprint density at radius 3 is 1.79 bits per heavy atom. The highest BCUT2D eigenvalue weighted by Crippen LogP contribution is 2.16. The van der Waals surface area contributed by atoms with Crippen molar-refractivity contribution in [1.82, 2.24) is 4.90 Å². The topological polar surface area (TPSA) is 53.7 Å². The van der Waals surface area contributed by atoms with E-state index < -0.39 is 5.97 Å². The summed E-state index contributed by atoms with van der Waals surface area (Å²) >= 11 is 0. The zero-order chi connectivity index (χ0) is 16.8. The van der Waals surface area contributed by atoms with Crippen molar-refractivity contribution in [2.75, 3.05) is 0 Å². The maximum atomic E-state index is 11.0. The van der Waals surface area contributed by atoms with Gasteiger partial charge in [0.2, 0.25) is 5.76 Å². The molecule has 0 radical (unpaired) electrons. The zero-order valence-corrected chi connectivity index (χ0v) is 13.3. The van der Waals surface area contributed by atoms with E-state index in [1.54, 1.807) is 6.07 Å². The molecule has 3 aromatic rings. The molecule has 0 aliphatic rings. The first kappa shape index (κ1) is 16.0. The maximum absolute atomic E-state index is 11.0. The molecule has 0 fully saturated rings. The van der Waals surface area contributed by atoms with Gasteiger partial charge in [0.05, 0.1) is 6.54 Å². The van der Waals surface area contributed by atoms with E-state index in [2.05, 4.69) is 29.2 Å². The molecule has 24 heavy (non-hydrogen) atoms. The zero-order valence-electron chi connectivity index (χ0n) is 13.3. The molecule has 1 N–H and O–H groups in total. The van der Waals surface area contributed by atoms with Gasteiger partial charge in [-0.3, -0.25) is 4.90 Å². The lowest BCUT2D eigenvalue weighted by atomic mass is 10.1. The lowest BCUT2D eigenvalue weighted by Gasteiger charge is -2.21. The van der Waals surface area contributed by atoms with Crippen molar-refractivity contribution in [3.8, 4) is 0 Å². The van der Waals surface area contributed by atoms with Crippen molar-refractivity contribution in [2.45, 2.75) is 19.6 Å². The molecule has 0 saturated carbocycles. The van der Waals surface area contributed by atoms with Gasteiger partial charge < -0.3 is 9.52 Å². The molecular weight excluding hydrogens is 302 g/mol. The number of aromatic carboxylic acids is 1. The molecule has 1 heterocycles. The summed E-state index contributed by atoms with van der Waals surface area (Å²) < 4.78 is 5.41. The van der Waals surface area contributed by atoms with Crippen LogP contribution in [0.15, 0.2) is 77.2 Å². The maximum Gasteiger partial charge on any atom is 0.371 e. The van der Waals surface area contributed by atoms with Gasteiger partial charge in [0, 0.05) is 13.1 Å². The number of hydrogen-bond donors (Lipinski definition) is 1. The Hall–Kier alpha value is -2.85. The SMILES string of the molecule is O=C(O)c1ccc(CN(Cc2ccccc2)Cc2ccccc2)o1.